The lowest BCUT2D eigenvalue weighted by molar-refractivity contribution is -0.121. The molecule has 1 N–H and O–H groups in total. The number of methoxy groups -OCH3 is 3. The van der Waals surface area contributed by atoms with Gasteiger partial charge in [0.2, 0.25) is 5.91 Å². The highest BCUT2D eigenvalue weighted by Gasteiger charge is 2.14. The number of imidazole rings is 1. The zero-order chi connectivity index (χ0) is 19.4. The van der Waals surface area contributed by atoms with Gasteiger partial charge in [-0.3, -0.25) is 4.79 Å². The zero-order valence-corrected chi connectivity index (χ0v) is 15.9. The van der Waals surface area contributed by atoms with E-state index in [4.69, 9.17) is 14.2 Å². The van der Waals surface area contributed by atoms with E-state index in [-0.39, 0.29) is 12.5 Å². The van der Waals surface area contributed by atoms with E-state index >= 15 is 0 Å². The predicted octanol–water partition coefficient (Wildman–Crippen LogP) is 2.69. The minimum Gasteiger partial charge on any atom is -0.496 e. The van der Waals surface area contributed by atoms with Crippen LogP contribution >= 0.6 is 0 Å². The molecule has 0 fully saturated rings. The Morgan fingerprint density at radius 3 is 2.41 bits per heavy atom. The van der Waals surface area contributed by atoms with Gasteiger partial charge in [0.25, 0.3) is 0 Å². The van der Waals surface area contributed by atoms with Crippen molar-refractivity contribution in [3.8, 4) is 17.2 Å². The number of fused-ring (bicyclic) bond motifs is 1. The summed E-state index contributed by atoms with van der Waals surface area (Å²) in [5.74, 6) is 2.47. The first-order valence-corrected chi connectivity index (χ1v) is 8.54. The molecule has 0 aliphatic rings. The average molecular weight is 369 g/mol. The largest absolute Gasteiger partial charge is 0.496 e. The second-order valence-corrected chi connectivity index (χ2v) is 6.03. The molecule has 2 aromatic carbocycles. The number of carbonyl (C=O) groups is 1. The number of nitrogens with zero attached hydrogens (tertiary/aromatic N) is 2. The molecule has 1 heterocycles. The van der Waals surface area contributed by atoms with E-state index in [1.807, 2.05) is 35.8 Å². The lowest BCUT2D eigenvalue weighted by atomic mass is 10.1. The maximum Gasteiger partial charge on any atom is 0.240 e. The molecule has 0 saturated heterocycles. The number of hydrogen-bond acceptors (Lipinski definition) is 5. The van der Waals surface area contributed by atoms with E-state index in [1.54, 1.807) is 33.5 Å². The molecule has 7 heteroatoms. The molecule has 0 spiro atoms. The molecule has 0 unspecified atom stereocenters. The van der Waals surface area contributed by atoms with E-state index in [0.29, 0.717) is 23.8 Å². The summed E-state index contributed by atoms with van der Waals surface area (Å²) >= 11 is 0. The third-order valence-electron chi connectivity index (χ3n) is 4.41. The van der Waals surface area contributed by atoms with Crippen LogP contribution in [0, 0.1) is 6.92 Å². The maximum atomic E-state index is 12.5. The topological polar surface area (TPSA) is 74.6 Å². The molecule has 27 heavy (non-hydrogen) atoms. The minimum absolute atomic E-state index is 0.113. The number of rotatable bonds is 7. The molecule has 0 aliphatic heterocycles. The Bertz CT molecular complexity index is 965. The minimum atomic E-state index is -0.113. The molecule has 3 aromatic rings. The van der Waals surface area contributed by atoms with Crippen molar-refractivity contribution in [2.75, 3.05) is 21.3 Å². The van der Waals surface area contributed by atoms with Crippen molar-refractivity contribution in [3.63, 3.8) is 0 Å². The molecular formula is C20H23N3O4. The number of benzene rings is 2. The summed E-state index contributed by atoms with van der Waals surface area (Å²) in [7, 11) is 4.71. The Labute approximate surface area is 157 Å². The van der Waals surface area contributed by atoms with E-state index < -0.39 is 0 Å². The number of amides is 1. The van der Waals surface area contributed by atoms with Crippen molar-refractivity contribution in [2.45, 2.75) is 20.0 Å². The van der Waals surface area contributed by atoms with Crippen LogP contribution in [0.1, 0.15) is 11.4 Å². The highest BCUT2D eigenvalue weighted by Crippen LogP contribution is 2.34. The Balaban J connectivity index is 1.75. The molecule has 142 valence electrons. The Hall–Kier alpha value is -3.22. The van der Waals surface area contributed by atoms with Gasteiger partial charge in [-0.2, -0.15) is 0 Å². The molecule has 1 aromatic heterocycles. The fourth-order valence-corrected chi connectivity index (χ4v) is 3.02. The van der Waals surface area contributed by atoms with Gasteiger partial charge in [-0.05, 0) is 25.1 Å². The highest BCUT2D eigenvalue weighted by molar-refractivity contribution is 5.81. The van der Waals surface area contributed by atoms with Crippen molar-refractivity contribution in [3.05, 3.63) is 47.8 Å². The van der Waals surface area contributed by atoms with Crippen LogP contribution in [0.25, 0.3) is 11.0 Å². The Kier molecular flexibility index (Phi) is 5.49. The molecule has 1 amide bonds. The van der Waals surface area contributed by atoms with Gasteiger partial charge in [0.05, 0.1) is 32.4 Å². The highest BCUT2D eigenvalue weighted by atomic mass is 16.5. The lowest BCUT2D eigenvalue weighted by Crippen LogP contribution is -2.27. The molecule has 0 atom stereocenters. The van der Waals surface area contributed by atoms with Gasteiger partial charge in [0.1, 0.15) is 18.1 Å². The summed E-state index contributed by atoms with van der Waals surface area (Å²) in [5, 5.41) is 2.93. The number of aromatic nitrogens is 2. The quantitative estimate of drug-likeness (QED) is 0.693. The summed E-state index contributed by atoms with van der Waals surface area (Å²) in [6.45, 7) is 2.40. The van der Waals surface area contributed by atoms with Crippen molar-refractivity contribution in [2.24, 2.45) is 0 Å². The average Bonchev–Trinajstić information content (AvgIpc) is 3.00. The first-order chi connectivity index (χ1) is 13.1. The Morgan fingerprint density at radius 2 is 1.70 bits per heavy atom. The van der Waals surface area contributed by atoms with Crippen LogP contribution in [0.3, 0.4) is 0 Å². The van der Waals surface area contributed by atoms with Gasteiger partial charge in [-0.15, -0.1) is 0 Å². The van der Waals surface area contributed by atoms with E-state index in [0.717, 1.165) is 22.4 Å². The monoisotopic (exact) mass is 369 g/mol. The van der Waals surface area contributed by atoms with Gasteiger partial charge in [-0.25, -0.2) is 4.98 Å². The van der Waals surface area contributed by atoms with Crippen LogP contribution < -0.4 is 19.5 Å². The standard InChI is InChI=1S/C20H23N3O4/c1-13-22-15-7-5-6-8-16(15)23(13)12-20(24)21-11-14-9-18(26-3)19(27-4)10-17(14)25-2/h5-10H,11-12H2,1-4H3,(H,21,24). The van der Waals surface area contributed by atoms with Crippen molar-refractivity contribution >= 4 is 16.9 Å². The van der Waals surface area contributed by atoms with E-state index in [9.17, 15) is 4.79 Å². The summed E-state index contributed by atoms with van der Waals surface area (Å²) in [6.07, 6.45) is 0. The van der Waals surface area contributed by atoms with Gasteiger partial charge in [0, 0.05) is 18.2 Å². The first kappa shape index (κ1) is 18.6. The summed E-state index contributed by atoms with van der Waals surface area (Å²) in [6, 6.07) is 11.3. The SMILES string of the molecule is COc1cc(OC)c(OC)cc1CNC(=O)Cn1c(C)nc2ccccc21. The third kappa shape index (κ3) is 3.81. The lowest BCUT2D eigenvalue weighted by Gasteiger charge is -2.15. The number of hydrogen-bond donors (Lipinski definition) is 1. The normalized spacial score (nSPS) is 10.7. The smallest absolute Gasteiger partial charge is 0.240 e. The van der Waals surface area contributed by atoms with Crippen LogP contribution in [0.4, 0.5) is 0 Å². The van der Waals surface area contributed by atoms with Gasteiger partial charge >= 0.3 is 0 Å². The van der Waals surface area contributed by atoms with Gasteiger partial charge < -0.3 is 24.1 Å². The second-order valence-electron chi connectivity index (χ2n) is 6.03. The van der Waals surface area contributed by atoms with Crippen molar-refractivity contribution in [1.82, 2.24) is 14.9 Å². The molecule has 3 rings (SSSR count). The molecule has 0 saturated carbocycles. The maximum absolute atomic E-state index is 12.5. The molecule has 0 radical (unpaired) electrons. The molecule has 0 aliphatic carbocycles. The van der Waals surface area contributed by atoms with Gasteiger partial charge in [0.15, 0.2) is 11.5 Å². The van der Waals surface area contributed by atoms with E-state index in [2.05, 4.69) is 10.3 Å². The van der Waals surface area contributed by atoms with Crippen molar-refractivity contribution < 1.29 is 19.0 Å². The number of nitrogens with one attached hydrogen (secondary N) is 1. The number of carbonyl (C=O) groups excluding carboxylic acids is 1. The number of para-hydroxylation sites is 2. The summed E-state index contributed by atoms with van der Waals surface area (Å²) < 4.78 is 17.9. The molecule has 7 nitrogen and oxygen atoms in total. The molecular weight excluding hydrogens is 346 g/mol. The predicted molar refractivity (Wildman–Crippen MR) is 102 cm³/mol. The van der Waals surface area contributed by atoms with Crippen LogP contribution in [0.15, 0.2) is 36.4 Å². The fraction of sp³-hybridized carbons (Fsp3) is 0.300. The zero-order valence-electron chi connectivity index (χ0n) is 15.9. The van der Waals surface area contributed by atoms with Gasteiger partial charge in [-0.1, -0.05) is 12.1 Å². The van der Waals surface area contributed by atoms with Crippen LogP contribution in [-0.2, 0) is 17.9 Å². The third-order valence-corrected chi connectivity index (χ3v) is 4.41. The van der Waals surface area contributed by atoms with Crippen molar-refractivity contribution in [1.29, 1.82) is 0 Å². The first-order valence-electron chi connectivity index (χ1n) is 8.54. The Morgan fingerprint density at radius 1 is 1.04 bits per heavy atom. The second kappa shape index (κ2) is 7.99. The number of ether oxygens (including phenoxy) is 3. The van der Waals surface area contributed by atoms with Crippen LogP contribution in [-0.4, -0.2) is 36.8 Å². The fourth-order valence-electron chi connectivity index (χ4n) is 3.02. The molecule has 0 bridgehead atoms. The van der Waals surface area contributed by atoms with E-state index in [1.165, 1.54) is 0 Å². The van der Waals surface area contributed by atoms with Crippen LogP contribution in [0.2, 0.25) is 0 Å². The summed E-state index contributed by atoms with van der Waals surface area (Å²) in [4.78, 5) is 17.0. The summed E-state index contributed by atoms with van der Waals surface area (Å²) in [5.41, 5.74) is 2.62. The number of aryl methyl sites for hydroxylation is 1. The van der Waals surface area contributed by atoms with Crippen LogP contribution in [0.5, 0.6) is 17.2 Å².